The zero-order chi connectivity index (χ0) is 13.8. The predicted molar refractivity (Wildman–Crippen MR) is 73.7 cm³/mol. The third kappa shape index (κ3) is 3.30. The standard InChI is InChI=1S/C14H20FN3O/c1-16-8-7-13-9-18(14(19)10-17(13)2)12-5-3-11(15)4-6-12/h3-6,13,16H,7-10H2,1-2H3. The molecule has 1 aliphatic heterocycles. The number of rotatable bonds is 4. The van der Waals surface area contributed by atoms with Crippen LogP contribution in [0.1, 0.15) is 6.42 Å². The molecule has 1 aliphatic rings. The molecule has 1 saturated heterocycles. The van der Waals surface area contributed by atoms with E-state index in [-0.39, 0.29) is 11.7 Å². The number of amides is 1. The van der Waals surface area contributed by atoms with Crippen molar-refractivity contribution in [1.82, 2.24) is 10.2 Å². The van der Waals surface area contributed by atoms with Crippen LogP contribution in [-0.4, -0.2) is 50.6 Å². The van der Waals surface area contributed by atoms with E-state index in [1.54, 1.807) is 17.0 Å². The summed E-state index contributed by atoms with van der Waals surface area (Å²) in [5.41, 5.74) is 0.772. The fraction of sp³-hybridized carbons (Fsp3) is 0.500. The second-order valence-corrected chi connectivity index (χ2v) is 4.94. The van der Waals surface area contributed by atoms with Crippen LogP contribution in [0.15, 0.2) is 24.3 Å². The van der Waals surface area contributed by atoms with Gasteiger partial charge in [0.15, 0.2) is 0 Å². The van der Waals surface area contributed by atoms with Crippen LogP contribution >= 0.6 is 0 Å². The molecule has 5 heteroatoms. The van der Waals surface area contributed by atoms with Crippen molar-refractivity contribution in [2.45, 2.75) is 12.5 Å². The van der Waals surface area contributed by atoms with Crippen LogP contribution in [0.2, 0.25) is 0 Å². The van der Waals surface area contributed by atoms with E-state index in [1.807, 2.05) is 14.1 Å². The lowest BCUT2D eigenvalue weighted by Gasteiger charge is -2.39. The fourth-order valence-electron chi connectivity index (χ4n) is 2.37. The molecule has 0 aromatic heterocycles. The molecule has 1 N–H and O–H groups in total. The number of anilines is 1. The maximum absolute atomic E-state index is 12.9. The van der Waals surface area contributed by atoms with Gasteiger partial charge in [-0.25, -0.2) is 4.39 Å². The molecule has 19 heavy (non-hydrogen) atoms. The molecule has 0 saturated carbocycles. The number of piperazine rings is 1. The SMILES string of the molecule is CNCCC1CN(c2ccc(F)cc2)C(=O)CN1C. The predicted octanol–water partition coefficient (Wildman–Crippen LogP) is 1.08. The summed E-state index contributed by atoms with van der Waals surface area (Å²) in [5, 5.41) is 3.13. The maximum atomic E-state index is 12.9. The van der Waals surface area contributed by atoms with Crippen LogP contribution in [0, 0.1) is 5.82 Å². The van der Waals surface area contributed by atoms with Gasteiger partial charge in [-0.1, -0.05) is 0 Å². The number of carbonyl (C=O) groups excluding carboxylic acids is 1. The third-order valence-electron chi connectivity index (χ3n) is 3.57. The van der Waals surface area contributed by atoms with E-state index in [0.29, 0.717) is 19.1 Å². The van der Waals surface area contributed by atoms with Crippen LogP contribution < -0.4 is 10.2 Å². The molecule has 1 fully saturated rings. The fourth-order valence-corrected chi connectivity index (χ4v) is 2.37. The van der Waals surface area contributed by atoms with Crippen LogP contribution in [0.4, 0.5) is 10.1 Å². The Kier molecular flexibility index (Phi) is 4.50. The van der Waals surface area contributed by atoms with Crippen LogP contribution in [0.5, 0.6) is 0 Å². The highest BCUT2D eigenvalue weighted by atomic mass is 19.1. The smallest absolute Gasteiger partial charge is 0.241 e. The average Bonchev–Trinajstić information content (AvgIpc) is 2.39. The van der Waals surface area contributed by atoms with E-state index in [2.05, 4.69) is 10.2 Å². The van der Waals surface area contributed by atoms with Crippen molar-refractivity contribution in [3.05, 3.63) is 30.1 Å². The van der Waals surface area contributed by atoms with Gasteiger partial charge in [-0.05, 0) is 51.3 Å². The van der Waals surface area contributed by atoms with Crippen molar-refractivity contribution in [2.75, 3.05) is 38.6 Å². The Labute approximate surface area is 113 Å². The molecule has 0 bridgehead atoms. The van der Waals surface area contributed by atoms with E-state index in [1.165, 1.54) is 12.1 Å². The van der Waals surface area contributed by atoms with Crippen LogP contribution in [-0.2, 0) is 4.79 Å². The zero-order valence-electron chi connectivity index (χ0n) is 11.4. The van der Waals surface area contributed by atoms with Gasteiger partial charge < -0.3 is 10.2 Å². The average molecular weight is 265 g/mol. The van der Waals surface area contributed by atoms with E-state index < -0.39 is 0 Å². The van der Waals surface area contributed by atoms with Crippen molar-refractivity contribution in [2.24, 2.45) is 0 Å². The largest absolute Gasteiger partial charge is 0.320 e. The lowest BCUT2D eigenvalue weighted by atomic mass is 10.1. The first-order valence-electron chi connectivity index (χ1n) is 6.52. The highest BCUT2D eigenvalue weighted by molar-refractivity contribution is 5.95. The number of nitrogens with zero attached hydrogens (tertiary/aromatic N) is 2. The number of carbonyl (C=O) groups is 1. The van der Waals surface area contributed by atoms with Crippen molar-refractivity contribution in [3.8, 4) is 0 Å². The summed E-state index contributed by atoms with van der Waals surface area (Å²) >= 11 is 0. The summed E-state index contributed by atoms with van der Waals surface area (Å²) in [6.45, 7) is 1.98. The molecule has 4 nitrogen and oxygen atoms in total. The van der Waals surface area contributed by atoms with Crippen LogP contribution in [0.25, 0.3) is 0 Å². The van der Waals surface area contributed by atoms with Gasteiger partial charge in [0.05, 0.1) is 6.54 Å². The summed E-state index contributed by atoms with van der Waals surface area (Å²) in [4.78, 5) is 15.9. The second-order valence-electron chi connectivity index (χ2n) is 4.94. The molecule has 1 unspecified atom stereocenters. The van der Waals surface area contributed by atoms with E-state index in [9.17, 15) is 9.18 Å². The molecular weight excluding hydrogens is 245 g/mol. The van der Waals surface area contributed by atoms with Gasteiger partial charge in [-0.2, -0.15) is 0 Å². The third-order valence-corrected chi connectivity index (χ3v) is 3.57. The zero-order valence-corrected chi connectivity index (χ0v) is 11.4. The number of hydrogen-bond donors (Lipinski definition) is 1. The molecule has 0 aliphatic carbocycles. The topological polar surface area (TPSA) is 35.6 Å². The molecule has 104 valence electrons. The lowest BCUT2D eigenvalue weighted by Crippen LogP contribution is -2.55. The summed E-state index contributed by atoms with van der Waals surface area (Å²) in [7, 11) is 3.89. The Balaban J connectivity index is 2.11. The van der Waals surface area contributed by atoms with Gasteiger partial charge in [0, 0.05) is 18.3 Å². The van der Waals surface area contributed by atoms with Gasteiger partial charge in [-0.3, -0.25) is 9.69 Å². The summed E-state index contributed by atoms with van der Waals surface area (Å²) in [6.07, 6.45) is 0.984. The Hall–Kier alpha value is -1.46. The van der Waals surface area contributed by atoms with Gasteiger partial charge >= 0.3 is 0 Å². The van der Waals surface area contributed by atoms with E-state index in [0.717, 1.165) is 18.7 Å². The first-order chi connectivity index (χ1) is 9.11. The molecule has 1 aromatic rings. The van der Waals surface area contributed by atoms with E-state index >= 15 is 0 Å². The molecule has 1 amide bonds. The van der Waals surface area contributed by atoms with Crippen LogP contribution in [0.3, 0.4) is 0 Å². The lowest BCUT2D eigenvalue weighted by molar-refractivity contribution is -0.122. The number of likely N-dealkylation sites (N-methyl/N-ethyl adjacent to an activating group) is 1. The number of halogens is 1. The number of benzene rings is 1. The van der Waals surface area contributed by atoms with Crippen molar-refractivity contribution in [3.63, 3.8) is 0 Å². The first kappa shape index (κ1) is 14.0. The van der Waals surface area contributed by atoms with Gasteiger partial charge in [0.2, 0.25) is 5.91 Å². The Bertz CT molecular complexity index is 435. The monoisotopic (exact) mass is 265 g/mol. The normalized spacial score (nSPS) is 20.9. The first-order valence-corrected chi connectivity index (χ1v) is 6.52. The molecule has 2 rings (SSSR count). The molecular formula is C14H20FN3O. The quantitative estimate of drug-likeness (QED) is 0.885. The summed E-state index contributed by atoms with van der Waals surface area (Å²) < 4.78 is 12.9. The second kappa shape index (κ2) is 6.12. The van der Waals surface area contributed by atoms with Gasteiger partial charge in [0.1, 0.15) is 5.82 Å². The molecule has 0 radical (unpaired) electrons. The summed E-state index contributed by atoms with van der Waals surface area (Å²) in [6, 6.07) is 6.43. The number of hydrogen-bond acceptors (Lipinski definition) is 3. The van der Waals surface area contributed by atoms with Gasteiger partial charge in [0.25, 0.3) is 0 Å². The van der Waals surface area contributed by atoms with Gasteiger partial charge in [-0.15, -0.1) is 0 Å². The minimum atomic E-state index is -0.281. The van der Waals surface area contributed by atoms with Crippen molar-refractivity contribution in [1.29, 1.82) is 0 Å². The molecule has 0 spiro atoms. The Morgan fingerprint density at radius 1 is 1.37 bits per heavy atom. The Morgan fingerprint density at radius 3 is 2.68 bits per heavy atom. The Morgan fingerprint density at radius 2 is 2.05 bits per heavy atom. The van der Waals surface area contributed by atoms with E-state index in [4.69, 9.17) is 0 Å². The highest BCUT2D eigenvalue weighted by Crippen LogP contribution is 2.20. The van der Waals surface area contributed by atoms with Crippen molar-refractivity contribution >= 4 is 11.6 Å². The van der Waals surface area contributed by atoms with Crippen molar-refractivity contribution < 1.29 is 9.18 Å². The minimum Gasteiger partial charge on any atom is -0.320 e. The molecule has 1 atom stereocenters. The molecule has 1 aromatic carbocycles. The highest BCUT2D eigenvalue weighted by Gasteiger charge is 2.30. The minimum absolute atomic E-state index is 0.0646. The maximum Gasteiger partial charge on any atom is 0.241 e. The molecule has 1 heterocycles. The number of nitrogens with one attached hydrogen (secondary N) is 1. The summed E-state index contributed by atoms with van der Waals surface area (Å²) in [5.74, 6) is -0.216.